The van der Waals surface area contributed by atoms with Crippen LogP contribution in [0.5, 0.6) is 0 Å². The Labute approximate surface area is 138 Å². The lowest BCUT2D eigenvalue weighted by atomic mass is 9.95. The van der Waals surface area contributed by atoms with Crippen LogP contribution >= 0.6 is 0 Å². The number of nitrogens with one attached hydrogen (secondary N) is 2. The van der Waals surface area contributed by atoms with Gasteiger partial charge in [-0.25, -0.2) is 0 Å². The normalized spacial score (nSPS) is 16.7. The molecule has 23 heavy (non-hydrogen) atoms. The van der Waals surface area contributed by atoms with Crippen molar-refractivity contribution in [2.75, 3.05) is 11.9 Å². The van der Waals surface area contributed by atoms with Crippen molar-refractivity contribution >= 4 is 17.5 Å². The van der Waals surface area contributed by atoms with Gasteiger partial charge in [0.25, 0.3) is 5.91 Å². The molecule has 1 fully saturated rings. The van der Waals surface area contributed by atoms with Gasteiger partial charge in [-0.05, 0) is 43.5 Å². The average Bonchev–Trinajstić information content (AvgIpc) is 2.56. The third-order valence-electron chi connectivity index (χ3n) is 4.49. The number of anilines is 1. The van der Waals surface area contributed by atoms with Crippen LogP contribution in [0, 0.1) is 12.8 Å². The Morgan fingerprint density at radius 1 is 1.26 bits per heavy atom. The molecule has 4 N–H and O–H groups in total. The molecule has 1 aliphatic rings. The molecule has 0 aromatic heterocycles. The molecule has 0 saturated heterocycles. The van der Waals surface area contributed by atoms with Gasteiger partial charge in [-0.1, -0.05) is 26.2 Å². The van der Waals surface area contributed by atoms with E-state index < -0.39 is 0 Å². The first kappa shape index (κ1) is 17.5. The molecule has 0 aliphatic heterocycles. The Kier molecular flexibility index (Phi) is 6.16. The average molecular weight is 317 g/mol. The lowest BCUT2D eigenvalue weighted by molar-refractivity contribution is -0.119. The minimum atomic E-state index is -0.233. The van der Waals surface area contributed by atoms with Gasteiger partial charge in [-0.2, -0.15) is 0 Å². The van der Waals surface area contributed by atoms with Crippen LogP contribution in [0.2, 0.25) is 0 Å². The number of carbonyl (C=O) groups excluding carboxylic acids is 2. The van der Waals surface area contributed by atoms with Gasteiger partial charge in [0.1, 0.15) is 0 Å². The highest BCUT2D eigenvalue weighted by Gasteiger charge is 2.17. The summed E-state index contributed by atoms with van der Waals surface area (Å²) >= 11 is 0. The number of amides is 2. The van der Waals surface area contributed by atoms with E-state index in [1.165, 1.54) is 19.3 Å². The van der Waals surface area contributed by atoms with Crippen LogP contribution in [-0.2, 0) is 4.79 Å². The number of hydrogen-bond acceptors (Lipinski definition) is 3. The fourth-order valence-corrected chi connectivity index (χ4v) is 2.82. The van der Waals surface area contributed by atoms with Crippen LogP contribution in [0.3, 0.4) is 0 Å². The number of hydrogen-bond donors (Lipinski definition) is 3. The third-order valence-corrected chi connectivity index (χ3v) is 4.49. The van der Waals surface area contributed by atoms with Crippen molar-refractivity contribution in [1.29, 1.82) is 0 Å². The second-order valence-corrected chi connectivity index (χ2v) is 6.46. The molecule has 0 bridgehead atoms. The van der Waals surface area contributed by atoms with Crippen molar-refractivity contribution in [3.05, 3.63) is 29.3 Å². The van der Waals surface area contributed by atoms with Gasteiger partial charge in [0.2, 0.25) is 5.91 Å². The highest BCUT2D eigenvalue weighted by Crippen LogP contribution is 2.20. The van der Waals surface area contributed by atoms with E-state index in [1.807, 2.05) is 13.0 Å². The maximum atomic E-state index is 12.3. The standard InChI is InChI=1S/C18H27N3O2/c1-12-10-14(18(23)20-15-6-4-3-5-7-15)8-9-16(12)21-17(22)13(2)11-19/h8-10,13,15H,3-7,11,19H2,1-2H3,(H,20,23)(H,21,22). The number of aryl methyl sites for hydroxylation is 1. The zero-order valence-corrected chi connectivity index (χ0v) is 14.0. The Morgan fingerprint density at radius 3 is 2.57 bits per heavy atom. The summed E-state index contributed by atoms with van der Waals surface area (Å²) in [6.45, 7) is 3.99. The highest BCUT2D eigenvalue weighted by atomic mass is 16.2. The molecule has 0 heterocycles. The van der Waals surface area contributed by atoms with E-state index in [0.717, 1.165) is 24.1 Å². The largest absolute Gasteiger partial charge is 0.349 e. The van der Waals surface area contributed by atoms with Gasteiger partial charge in [-0.3, -0.25) is 9.59 Å². The summed E-state index contributed by atoms with van der Waals surface area (Å²) in [6, 6.07) is 5.66. The summed E-state index contributed by atoms with van der Waals surface area (Å²) in [5.41, 5.74) is 7.74. The van der Waals surface area contributed by atoms with Gasteiger partial charge in [0.15, 0.2) is 0 Å². The van der Waals surface area contributed by atoms with Crippen molar-refractivity contribution in [2.24, 2.45) is 11.7 Å². The van der Waals surface area contributed by atoms with Gasteiger partial charge >= 0.3 is 0 Å². The number of carbonyl (C=O) groups is 2. The fraction of sp³-hybridized carbons (Fsp3) is 0.556. The van der Waals surface area contributed by atoms with Crippen molar-refractivity contribution in [1.82, 2.24) is 5.32 Å². The minimum absolute atomic E-state index is 0.0341. The number of nitrogens with two attached hydrogens (primary N) is 1. The minimum Gasteiger partial charge on any atom is -0.349 e. The first-order chi connectivity index (χ1) is 11.0. The van der Waals surface area contributed by atoms with Crippen LogP contribution in [0.25, 0.3) is 0 Å². The molecule has 1 aromatic rings. The Morgan fingerprint density at radius 2 is 1.96 bits per heavy atom. The zero-order chi connectivity index (χ0) is 16.8. The van der Waals surface area contributed by atoms with Crippen LogP contribution in [0.1, 0.15) is 54.9 Å². The molecule has 1 unspecified atom stereocenters. The van der Waals surface area contributed by atoms with E-state index in [0.29, 0.717) is 18.2 Å². The summed E-state index contributed by atoms with van der Waals surface area (Å²) in [4.78, 5) is 24.2. The van der Waals surface area contributed by atoms with Gasteiger partial charge in [0.05, 0.1) is 0 Å². The molecule has 0 radical (unpaired) electrons. The molecule has 1 atom stereocenters. The van der Waals surface area contributed by atoms with Crippen molar-refractivity contribution < 1.29 is 9.59 Å². The predicted octanol–water partition coefficient (Wildman–Crippen LogP) is 2.59. The lowest BCUT2D eigenvalue weighted by Crippen LogP contribution is -2.36. The van der Waals surface area contributed by atoms with E-state index in [4.69, 9.17) is 5.73 Å². The van der Waals surface area contributed by atoms with E-state index in [9.17, 15) is 9.59 Å². The van der Waals surface area contributed by atoms with E-state index in [-0.39, 0.29) is 17.7 Å². The van der Waals surface area contributed by atoms with Gasteiger partial charge < -0.3 is 16.4 Å². The summed E-state index contributed by atoms with van der Waals surface area (Å²) in [5, 5.41) is 5.96. The van der Waals surface area contributed by atoms with Crippen LogP contribution in [0.15, 0.2) is 18.2 Å². The topological polar surface area (TPSA) is 84.2 Å². The van der Waals surface area contributed by atoms with E-state index >= 15 is 0 Å². The molecule has 126 valence electrons. The molecule has 2 rings (SSSR count). The summed E-state index contributed by atoms with van der Waals surface area (Å²) < 4.78 is 0. The molecule has 5 nitrogen and oxygen atoms in total. The first-order valence-electron chi connectivity index (χ1n) is 8.43. The predicted molar refractivity (Wildman–Crippen MR) is 92.4 cm³/mol. The van der Waals surface area contributed by atoms with Crippen molar-refractivity contribution in [2.45, 2.75) is 52.0 Å². The van der Waals surface area contributed by atoms with E-state index in [2.05, 4.69) is 10.6 Å². The maximum absolute atomic E-state index is 12.3. The molecule has 0 spiro atoms. The quantitative estimate of drug-likeness (QED) is 0.780. The molecular formula is C18H27N3O2. The Hall–Kier alpha value is -1.88. The smallest absolute Gasteiger partial charge is 0.251 e. The fourth-order valence-electron chi connectivity index (χ4n) is 2.82. The lowest BCUT2D eigenvalue weighted by Gasteiger charge is -2.23. The van der Waals surface area contributed by atoms with Crippen LogP contribution in [-0.4, -0.2) is 24.4 Å². The molecule has 2 amide bonds. The van der Waals surface area contributed by atoms with E-state index in [1.54, 1.807) is 19.1 Å². The monoisotopic (exact) mass is 317 g/mol. The molecule has 1 aliphatic carbocycles. The second-order valence-electron chi connectivity index (χ2n) is 6.46. The van der Waals surface area contributed by atoms with Gasteiger partial charge in [-0.15, -0.1) is 0 Å². The maximum Gasteiger partial charge on any atom is 0.251 e. The Bertz CT molecular complexity index is 565. The molecule has 5 heteroatoms. The summed E-state index contributed by atoms with van der Waals surface area (Å²) in [6.07, 6.45) is 5.77. The molecular weight excluding hydrogens is 290 g/mol. The summed E-state index contributed by atoms with van der Waals surface area (Å²) in [7, 11) is 0. The SMILES string of the molecule is Cc1cc(C(=O)NC2CCCCC2)ccc1NC(=O)C(C)CN. The Balaban J connectivity index is 2.00. The number of rotatable bonds is 5. The number of benzene rings is 1. The highest BCUT2D eigenvalue weighted by molar-refractivity contribution is 5.97. The zero-order valence-electron chi connectivity index (χ0n) is 14.0. The molecule has 1 aromatic carbocycles. The van der Waals surface area contributed by atoms with Crippen LogP contribution in [0.4, 0.5) is 5.69 Å². The third kappa shape index (κ3) is 4.79. The van der Waals surface area contributed by atoms with Crippen LogP contribution < -0.4 is 16.4 Å². The second kappa shape index (κ2) is 8.11. The molecule has 1 saturated carbocycles. The van der Waals surface area contributed by atoms with Crippen molar-refractivity contribution in [3.8, 4) is 0 Å². The van der Waals surface area contributed by atoms with Crippen molar-refractivity contribution in [3.63, 3.8) is 0 Å². The summed E-state index contributed by atoms with van der Waals surface area (Å²) in [5.74, 6) is -0.369. The first-order valence-corrected chi connectivity index (χ1v) is 8.43. The van der Waals surface area contributed by atoms with Gasteiger partial charge in [0, 0.05) is 29.8 Å².